The van der Waals surface area contributed by atoms with Crippen molar-refractivity contribution in [3.63, 3.8) is 0 Å². The highest BCUT2D eigenvalue weighted by molar-refractivity contribution is 9.10. The van der Waals surface area contributed by atoms with Crippen molar-refractivity contribution in [2.75, 3.05) is 12.8 Å². The van der Waals surface area contributed by atoms with E-state index in [-0.39, 0.29) is 11.5 Å². The number of thiophene rings is 1. The van der Waals surface area contributed by atoms with Gasteiger partial charge in [0, 0.05) is 22.9 Å². The molecule has 1 aliphatic rings. The van der Waals surface area contributed by atoms with Crippen LogP contribution >= 0.6 is 39.0 Å². The summed E-state index contributed by atoms with van der Waals surface area (Å²) in [6.45, 7) is 0.578. The lowest BCUT2D eigenvalue weighted by Crippen LogP contribution is -2.27. The number of nitrogens with one attached hydrogen (secondary N) is 1. The molecule has 5 nitrogen and oxygen atoms in total. The molecule has 0 saturated carbocycles. The van der Waals surface area contributed by atoms with E-state index in [2.05, 4.69) is 25.9 Å². The van der Waals surface area contributed by atoms with Crippen molar-refractivity contribution in [1.29, 1.82) is 0 Å². The third-order valence-electron chi connectivity index (χ3n) is 5.10. The van der Waals surface area contributed by atoms with Crippen LogP contribution in [-0.2, 0) is 29.9 Å². The molecule has 1 N–H and O–H groups in total. The van der Waals surface area contributed by atoms with Crippen LogP contribution in [0.4, 0.5) is 0 Å². The lowest BCUT2D eigenvalue weighted by molar-refractivity contribution is -0.127. The number of amides is 1. The van der Waals surface area contributed by atoms with E-state index in [0.717, 1.165) is 39.5 Å². The first-order valence-electron chi connectivity index (χ1n) is 9.61. The van der Waals surface area contributed by atoms with E-state index in [9.17, 15) is 9.59 Å². The number of aromatic nitrogens is 2. The van der Waals surface area contributed by atoms with Crippen molar-refractivity contribution in [3.05, 3.63) is 60.9 Å². The third kappa shape index (κ3) is 4.75. The molecule has 0 unspecified atom stereocenters. The van der Waals surface area contributed by atoms with E-state index in [4.69, 9.17) is 0 Å². The SMILES string of the molecule is CN(Cc1ccc(Br)cc1)C(=O)CSCc1nc2sc3c(c2c(=O)[nH]1)CCCC3. The molecule has 1 aromatic carbocycles. The third-order valence-corrected chi connectivity index (χ3v) is 7.74. The van der Waals surface area contributed by atoms with Gasteiger partial charge in [-0.2, -0.15) is 0 Å². The average molecular weight is 492 g/mol. The molecule has 2 aromatic heterocycles. The van der Waals surface area contributed by atoms with Crippen molar-refractivity contribution in [2.45, 2.75) is 38.0 Å². The Morgan fingerprint density at radius 2 is 2.03 bits per heavy atom. The van der Waals surface area contributed by atoms with Gasteiger partial charge in [0.05, 0.1) is 16.9 Å². The minimum atomic E-state index is -0.0383. The number of halogens is 1. The van der Waals surface area contributed by atoms with E-state index >= 15 is 0 Å². The van der Waals surface area contributed by atoms with Gasteiger partial charge in [0.15, 0.2) is 0 Å². The average Bonchev–Trinajstić information content (AvgIpc) is 3.08. The number of aryl methyl sites for hydroxylation is 2. The van der Waals surface area contributed by atoms with E-state index in [1.54, 1.807) is 16.2 Å². The number of nitrogens with zero attached hydrogens (tertiary/aromatic N) is 2. The van der Waals surface area contributed by atoms with Gasteiger partial charge in [-0.15, -0.1) is 23.1 Å². The van der Waals surface area contributed by atoms with Crippen molar-refractivity contribution >= 4 is 55.2 Å². The zero-order chi connectivity index (χ0) is 20.4. The van der Waals surface area contributed by atoms with Crippen molar-refractivity contribution in [3.8, 4) is 0 Å². The van der Waals surface area contributed by atoms with Crippen LogP contribution in [0.1, 0.15) is 34.7 Å². The van der Waals surface area contributed by atoms with Gasteiger partial charge in [-0.25, -0.2) is 4.98 Å². The van der Waals surface area contributed by atoms with E-state index < -0.39 is 0 Å². The van der Waals surface area contributed by atoms with Crippen LogP contribution < -0.4 is 5.56 Å². The molecular weight excluding hydrogens is 470 g/mol. The predicted octanol–water partition coefficient (Wildman–Crippen LogP) is 4.52. The van der Waals surface area contributed by atoms with Crippen LogP contribution in [0, 0.1) is 0 Å². The summed E-state index contributed by atoms with van der Waals surface area (Å²) in [6, 6.07) is 7.96. The molecule has 3 aromatic rings. The minimum Gasteiger partial charge on any atom is -0.341 e. The molecule has 8 heteroatoms. The zero-order valence-electron chi connectivity index (χ0n) is 16.2. The monoisotopic (exact) mass is 491 g/mol. The van der Waals surface area contributed by atoms with E-state index in [0.29, 0.717) is 23.9 Å². The zero-order valence-corrected chi connectivity index (χ0v) is 19.4. The van der Waals surface area contributed by atoms with E-state index in [1.807, 2.05) is 31.3 Å². The Hall–Kier alpha value is -1.64. The lowest BCUT2D eigenvalue weighted by Gasteiger charge is -2.17. The van der Waals surface area contributed by atoms with Crippen LogP contribution in [0.2, 0.25) is 0 Å². The van der Waals surface area contributed by atoms with Crippen LogP contribution in [0.5, 0.6) is 0 Å². The second-order valence-electron chi connectivity index (χ2n) is 7.27. The van der Waals surface area contributed by atoms with Gasteiger partial charge in [0.25, 0.3) is 5.56 Å². The number of aromatic amines is 1. The molecule has 1 aliphatic carbocycles. The normalized spacial score (nSPS) is 13.4. The predicted molar refractivity (Wildman–Crippen MR) is 124 cm³/mol. The first-order chi connectivity index (χ1) is 14.0. The number of H-pyrrole nitrogens is 1. The number of hydrogen-bond acceptors (Lipinski definition) is 5. The van der Waals surface area contributed by atoms with Crippen LogP contribution in [0.25, 0.3) is 10.2 Å². The fraction of sp³-hybridized carbons (Fsp3) is 0.381. The molecule has 2 heterocycles. The number of thioether (sulfide) groups is 1. The quantitative estimate of drug-likeness (QED) is 0.550. The molecule has 29 heavy (non-hydrogen) atoms. The second-order valence-corrected chi connectivity index (χ2v) is 10.3. The van der Waals surface area contributed by atoms with Crippen LogP contribution in [0.15, 0.2) is 33.5 Å². The number of hydrogen-bond donors (Lipinski definition) is 1. The van der Waals surface area contributed by atoms with Gasteiger partial charge in [-0.05, 0) is 48.9 Å². The summed E-state index contributed by atoms with van der Waals surface area (Å²) in [5.74, 6) is 1.59. The number of fused-ring (bicyclic) bond motifs is 3. The lowest BCUT2D eigenvalue weighted by atomic mass is 9.97. The van der Waals surface area contributed by atoms with E-state index in [1.165, 1.54) is 28.6 Å². The summed E-state index contributed by atoms with van der Waals surface area (Å²) in [5.41, 5.74) is 2.25. The highest BCUT2D eigenvalue weighted by Gasteiger charge is 2.20. The molecule has 0 aliphatic heterocycles. The molecular formula is C21H22BrN3O2S2. The Balaban J connectivity index is 1.36. The van der Waals surface area contributed by atoms with Gasteiger partial charge in [-0.3, -0.25) is 9.59 Å². The standard InChI is InChI=1S/C21H22BrN3O2S2/c1-25(10-13-6-8-14(22)9-7-13)18(26)12-28-11-17-23-20(27)19-15-4-2-3-5-16(15)29-21(19)24-17/h6-9H,2-5,10-12H2,1H3,(H,23,24,27). The molecule has 0 bridgehead atoms. The van der Waals surface area contributed by atoms with Crippen molar-refractivity contribution < 1.29 is 4.79 Å². The summed E-state index contributed by atoms with van der Waals surface area (Å²) in [5, 5.41) is 0.781. The maximum atomic E-state index is 12.6. The van der Waals surface area contributed by atoms with Crippen molar-refractivity contribution in [2.24, 2.45) is 0 Å². The largest absolute Gasteiger partial charge is 0.341 e. The Labute approximate surface area is 186 Å². The first-order valence-corrected chi connectivity index (χ1v) is 12.4. The Bertz CT molecular complexity index is 1090. The maximum absolute atomic E-state index is 12.6. The fourth-order valence-electron chi connectivity index (χ4n) is 3.57. The highest BCUT2D eigenvalue weighted by Crippen LogP contribution is 2.33. The van der Waals surface area contributed by atoms with Gasteiger partial charge in [0.1, 0.15) is 10.7 Å². The Morgan fingerprint density at radius 3 is 2.83 bits per heavy atom. The summed E-state index contributed by atoms with van der Waals surface area (Å²) in [4.78, 5) is 36.5. The summed E-state index contributed by atoms with van der Waals surface area (Å²) in [7, 11) is 1.81. The van der Waals surface area contributed by atoms with Gasteiger partial charge in [0.2, 0.25) is 5.91 Å². The first kappa shape index (κ1) is 20.6. The number of benzene rings is 1. The number of rotatable bonds is 6. The molecule has 4 rings (SSSR count). The van der Waals surface area contributed by atoms with Gasteiger partial charge >= 0.3 is 0 Å². The molecule has 0 spiro atoms. The Morgan fingerprint density at radius 1 is 1.28 bits per heavy atom. The maximum Gasteiger partial charge on any atom is 0.259 e. The van der Waals surface area contributed by atoms with Gasteiger partial charge < -0.3 is 9.88 Å². The molecule has 1 amide bonds. The molecule has 0 radical (unpaired) electrons. The van der Waals surface area contributed by atoms with Crippen LogP contribution in [-0.4, -0.2) is 33.6 Å². The minimum absolute atomic E-state index is 0.0383. The molecule has 0 fully saturated rings. The molecule has 152 valence electrons. The Kier molecular flexibility index (Phi) is 6.41. The number of carbonyl (C=O) groups excluding carboxylic acids is 1. The smallest absolute Gasteiger partial charge is 0.259 e. The summed E-state index contributed by atoms with van der Waals surface area (Å²) >= 11 is 6.56. The van der Waals surface area contributed by atoms with Crippen LogP contribution in [0.3, 0.4) is 0 Å². The fourth-order valence-corrected chi connectivity index (χ4v) is 5.95. The van der Waals surface area contributed by atoms with Crippen molar-refractivity contribution in [1.82, 2.24) is 14.9 Å². The van der Waals surface area contributed by atoms with Gasteiger partial charge in [-0.1, -0.05) is 28.1 Å². The topological polar surface area (TPSA) is 66.1 Å². The molecule has 0 saturated heterocycles. The second kappa shape index (κ2) is 9.02. The molecule has 0 atom stereocenters. The summed E-state index contributed by atoms with van der Waals surface area (Å²) in [6.07, 6.45) is 4.37. The summed E-state index contributed by atoms with van der Waals surface area (Å²) < 4.78 is 1.02. The number of carbonyl (C=O) groups is 1. The highest BCUT2D eigenvalue weighted by atomic mass is 79.9.